The predicted molar refractivity (Wildman–Crippen MR) is 107 cm³/mol. The van der Waals surface area contributed by atoms with Crippen molar-refractivity contribution in [2.24, 2.45) is 0 Å². The molecule has 29 heavy (non-hydrogen) atoms. The third kappa shape index (κ3) is 3.65. The number of nitrogens with zero attached hydrogens (tertiary/aromatic N) is 2. The lowest BCUT2D eigenvalue weighted by molar-refractivity contribution is -0.114. The van der Waals surface area contributed by atoms with E-state index < -0.39 is 11.7 Å². The van der Waals surface area contributed by atoms with Crippen molar-refractivity contribution in [1.29, 1.82) is 0 Å². The quantitative estimate of drug-likeness (QED) is 0.714. The van der Waals surface area contributed by atoms with E-state index in [1.54, 1.807) is 9.47 Å². The first kappa shape index (κ1) is 18.9. The molecular formula is C21H21FN4O3. The summed E-state index contributed by atoms with van der Waals surface area (Å²) in [6.07, 6.45) is 1.20. The highest BCUT2D eigenvalue weighted by molar-refractivity contribution is 5.97. The Hall–Kier alpha value is -3.42. The highest BCUT2D eigenvalue weighted by Crippen LogP contribution is 2.26. The Morgan fingerprint density at radius 3 is 2.59 bits per heavy atom. The van der Waals surface area contributed by atoms with Crippen LogP contribution in [0.1, 0.15) is 36.2 Å². The summed E-state index contributed by atoms with van der Waals surface area (Å²) in [5.74, 6) is -1.33. The second-order valence-corrected chi connectivity index (χ2v) is 7.22. The van der Waals surface area contributed by atoms with Crippen molar-refractivity contribution in [3.63, 3.8) is 0 Å². The Bertz CT molecular complexity index is 1140. The molecule has 1 aliphatic heterocycles. The van der Waals surface area contributed by atoms with Crippen LogP contribution in [0.4, 0.5) is 10.1 Å². The van der Waals surface area contributed by atoms with Crippen LogP contribution in [0.3, 0.4) is 0 Å². The molecule has 3 aromatic rings. The SMILES string of the molecule is CC(=O)Nc1ccc(F)c(C(=O)N2CCC(n3c(=O)[nH]c4ccccc43)CC2)c1. The molecular weight excluding hydrogens is 375 g/mol. The molecule has 0 bridgehead atoms. The normalized spacial score (nSPS) is 14.9. The number of halogens is 1. The van der Waals surface area contributed by atoms with Crippen molar-refractivity contribution in [3.8, 4) is 0 Å². The number of likely N-dealkylation sites (tertiary alicyclic amines) is 1. The number of hydrogen-bond donors (Lipinski definition) is 2. The summed E-state index contributed by atoms with van der Waals surface area (Å²) in [6, 6.07) is 11.4. The van der Waals surface area contributed by atoms with Crippen molar-refractivity contribution < 1.29 is 14.0 Å². The summed E-state index contributed by atoms with van der Waals surface area (Å²) in [5, 5.41) is 2.56. The summed E-state index contributed by atoms with van der Waals surface area (Å²) >= 11 is 0. The molecule has 0 unspecified atom stereocenters. The van der Waals surface area contributed by atoms with E-state index in [1.807, 2.05) is 24.3 Å². The summed E-state index contributed by atoms with van der Waals surface area (Å²) < 4.78 is 16.0. The van der Waals surface area contributed by atoms with Crippen molar-refractivity contribution in [3.05, 3.63) is 64.3 Å². The number of piperidine rings is 1. The maximum absolute atomic E-state index is 14.2. The number of carbonyl (C=O) groups excluding carboxylic acids is 2. The number of H-pyrrole nitrogens is 1. The van der Waals surface area contributed by atoms with Gasteiger partial charge in [0.25, 0.3) is 5.91 Å². The molecule has 2 N–H and O–H groups in total. The van der Waals surface area contributed by atoms with Crippen LogP contribution in [0.25, 0.3) is 11.0 Å². The molecule has 0 saturated carbocycles. The van der Waals surface area contributed by atoms with Crippen molar-refractivity contribution in [2.45, 2.75) is 25.8 Å². The number of para-hydroxylation sites is 2. The van der Waals surface area contributed by atoms with Gasteiger partial charge < -0.3 is 15.2 Å². The molecule has 1 aliphatic rings. The number of aromatic nitrogens is 2. The van der Waals surface area contributed by atoms with Gasteiger partial charge in [-0.15, -0.1) is 0 Å². The number of aromatic amines is 1. The lowest BCUT2D eigenvalue weighted by Crippen LogP contribution is -2.40. The highest BCUT2D eigenvalue weighted by Gasteiger charge is 2.28. The minimum Gasteiger partial charge on any atom is -0.338 e. The molecule has 7 nitrogen and oxygen atoms in total. The molecule has 8 heteroatoms. The van der Waals surface area contributed by atoms with E-state index in [0.717, 1.165) is 11.0 Å². The number of imidazole rings is 1. The number of benzene rings is 2. The Kier molecular flexibility index (Phi) is 4.92. The van der Waals surface area contributed by atoms with E-state index in [2.05, 4.69) is 10.3 Å². The first-order valence-corrected chi connectivity index (χ1v) is 9.49. The van der Waals surface area contributed by atoms with Crippen molar-refractivity contribution >= 4 is 28.5 Å². The Balaban J connectivity index is 1.51. The topological polar surface area (TPSA) is 87.2 Å². The molecule has 2 amide bonds. The molecule has 0 spiro atoms. The number of rotatable bonds is 3. The van der Waals surface area contributed by atoms with E-state index in [0.29, 0.717) is 31.6 Å². The van der Waals surface area contributed by atoms with Crippen LogP contribution in [-0.4, -0.2) is 39.4 Å². The van der Waals surface area contributed by atoms with Gasteiger partial charge in [0.2, 0.25) is 5.91 Å². The van der Waals surface area contributed by atoms with E-state index >= 15 is 0 Å². The lowest BCUT2D eigenvalue weighted by atomic mass is 10.0. The van der Waals surface area contributed by atoms with Crippen LogP contribution < -0.4 is 11.0 Å². The molecule has 0 radical (unpaired) electrons. The second kappa shape index (κ2) is 7.54. The van der Waals surface area contributed by atoms with Crippen LogP contribution in [0.5, 0.6) is 0 Å². The fourth-order valence-corrected chi connectivity index (χ4v) is 3.90. The maximum Gasteiger partial charge on any atom is 0.326 e. The molecule has 2 aromatic carbocycles. The van der Waals surface area contributed by atoms with Crippen LogP contribution in [0, 0.1) is 5.82 Å². The van der Waals surface area contributed by atoms with Crippen LogP contribution in [0.15, 0.2) is 47.3 Å². The van der Waals surface area contributed by atoms with Gasteiger partial charge in [-0.3, -0.25) is 14.2 Å². The minimum atomic E-state index is -0.626. The Morgan fingerprint density at radius 2 is 1.86 bits per heavy atom. The molecule has 1 fully saturated rings. The van der Waals surface area contributed by atoms with Gasteiger partial charge in [0.05, 0.1) is 16.6 Å². The summed E-state index contributed by atoms with van der Waals surface area (Å²) in [6.45, 7) is 2.18. The van der Waals surface area contributed by atoms with E-state index in [-0.39, 0.29) is 23.2 Å². The van der Waals surface area contributed by atoms with Gasteiger partial charge in [-0.1, -0.05) is 12.1 Å². The van der Waals surface area contributed by atoms with Gasteiger partial charge in [-0.25, -0.2) is 9.18 Å². The smallest absolute Gasteiger partial charge is 0.326 e. The van der Waals surface area contributed by atoms with Gasteiger partial charge in [0.1, 0.15) is 5.82 Å². The Labute approximate surface area is 166 Å². The largest absolute Gasteiger partial charge is 0.338 e. The summed E-state index contributed by atoms with van der Waals surface area (Å²) in [4.78, 5) is 40.9. The molecule has 150 valence electrons. The lowest BCUT2D eigenvalue weighted by Gasteiger charge is -2.32. The summed E-state index contributed by atoms with van der Waals surface area (Å²) in [7, 11) is 0. The zero-order chi connectivity index (χ0) is 20.5. The summed E-state index contributed by atoms with van der Waals surface area (Å²) in [5.41, 5.74) is 1.77. The number of amides is 2. The molecule has 1 saturated heterocycles. The standard InChI is InChI=1S/C21H21FN4O3/c1-13(27)23-14-6-7-17(22)16(12-14)20(28)25-10-8-15(9-11-25)26-19-5-3-2-4-18(19)24-21(26)29/h2-7,12,15H,8-11H2,1H3,(H,23,27)(H,24,29). The molecule has 2 heterocycles. The average molecular weight is 396 g/mol. The fourth-order valence-electron chi connectivity index (χ4n) is 3.90. The monoisotopic (exact) mass is 396 g/mol. The molecule has 4 rings (SSSR count). The molecule has 0 aliphatic carbocycles. The first-order chi connectivity index (χ1) is 13.9. The Morgan fingerprint density at radius 1 is 1.14 bits per heavy atom. The highest BCUT2D eigenvalue weighted by atomic mass is 19.1. The van der Waals surface area contributed by atoms with Crippen LogP contribution in [-0.2, 0) is 4.79 Å². The minimum absolute atomic E-state index is 0.0294. The van der Waals surface area contributed by atoms with Gasteiger partial charge in [0, 0.05) is 31.7 Å². The van der Waals surface area contributed by atoms with Crippen molar-refractivity contribution in [2.75, 3.05) is 18.4 Å². The zero-order valence-corrected chi connectivity index (χ0v) is 15.9. The first-order valence-electron chi connectivity index (χ1n) is 9.49. The fraction of sp³-hybridized carbons (Fsp3) is 0.286. The van der Waals surface area contributed by atoms with E-state index in [1.165, 1.54) is 25.1 Å². The van der Waals surface area contributed by atoms with Gasteiger partial charge in [-0.05, 0) is 43.2 Å². The van der Waals surface area contributed by atoms with Crippen molar-refractivity contribution in [1.82, 2.24) is 14.5 Å². The van der Waals surface area contributed by atoms with Crippen LogP contribution >= 0.6 is 0 Å². The predicted octanol–water partition coefficient (Wildman–Crippen LogP) is 2.90. The third-order valence-corrected chi connectivity index (χ3v) is 5.26. The molecule has 1 aromatic heterocycles. The maximum atomic E-state index is 14.2. The van der Waals surface area contributed by atoms with Gasteiger partial charge in [-0.2, -0.15) is 0 Å². The van der Waals surface area contributed by atoms with Gasteiger partial charge in [0.15, 0.2) is 0 Å². The number of anilines is 1. The second-order valence-electron chi connectivity index (χ2n) is 7.22. The van der Waals surface area contributed by atoms with E-state index in [9.17, 15) is 18.8 Å². The van der Waals surface area contributed by atoms with Gasteiger partial charge >= 0.3 is 5.69 Å². The van der Waals surface area contributed by atoms with Crippen LogP contribution in [0.2, 0.25) is 0 Å². The number of carbonyl (C=O) groups is 2. The number of nitrogens with one attached hydrogen (secondary N) is 2. The zero-order valence-electron chi connectivity index (χ0n) is 15.9. The van der Waals surface area contributed by atoms with E-state index in [4.69, 9.17) is 0 Å². The third-order valence-electron chi connectivity index (χ3n) is 5.26. The number of fused-ring (bicyclic) bond motifs is 1. The molecule has 0 atom stereocenters. The average Bonchev–Trinajstić information content (AvgIpc) is 3.04. The number of hydrogen-bond acceptors (Lipinski definition) is 3.